The number of hydrogen-bond acceptors (Lipinski definition) is 4. The van der Waals surface area contributed by atoms with Gasteiger partial charge in [0.2, 0.25) is 0 Å². The summed E-state index contributed by atoms with van der Waals surface area (Å²) in [5, 5.41) is 0.487. The Labute approximate surface area is 126 Å². The second-order valence-corrected chi connectivity index (χ2v) is 5.81. The Kier molecular flexibility index (Phi) is 15.7. The molecule has 116 valence electrons. The molecule has 0 aliphatic carbocycles. The second kappa shape index (κ2) is 14.6. The average Bonchev–Trinajstić information content (AvgIpc) is 2.47. The summed E-state index contributed by atoms with van der Waals surface area (Å²) in [5.41, 5.74) is 4.50. The number of unbranched alkanes of at least 4 members (excludes halogenated alkanes) is 1. The van der Waals surface area contributed by atoms with Crippen molar-refractivity contribution in [3.63, 3.8) is 0 Å². The van der Waals surface area contributed by atoms with Gasteiger partial charge in [-0.2, -0.15) is 0 Å². The van der Waals surface area contributed by atoms with Crippen molar-refractivity contribution in [1.82, 2.24) is 0 Å². The molecule has 4 N–H and O–H groups in total. The van der Waals surface area contributed by atoms with Gasteiger partial charge in [-0.05, 0) is 32.1 Å². The third kappa shape index (κ3) is 19.6. The minimum Gasteiger partial charge on any atom is -0.490 e. The third-order valence-corrected chi connectivity index (χ3v) is 3.24. The third-order valence-electron chi connectivity index (χ3n) is 1.97. The van der Waals surface area contributed by atoms with Crippen molar-refractivity contribution < 1.29 is 19.1 Å². The summed E-state index contributed by atoms with van der Waals surface area (Å²) in [5.74, 6) is 0. The van der Waals surface area contributed by atoms with Crippen LogP contribution >= 0.6 is 19.8 Å². The molecule has 0 heterocycles. The maximum absolute atomic E-state index is 10.4. The zero-order valence-electron chi connectivity index (χ0n) is 11.9. The minimum absolute atomic E-state index is 0.0701. The first-order valence-electron chi connectivity index (χ1n) is 6.15. The Morgan fingerprint density at radius 3 is 1.80 bits per heavy atom. The van der Waals surface area contributed by atoms with Crippen LogP contribution in [0, 0.1) is 0 Å². The van der Waals surface area contributed by atoms with Crippen molar-refractivity contribution in [2.24, 2.45) is 5.73 Å². The van der Waals surface area contributed by atoms with Gasteiger partial charge in [0, 0.05) is 12.6 Å². The summed E-state index contributed by atoms with van der Waals surface area (Å²) in [4.78, 5) is 17.0. The average molecular weight is 321 g/mol. The van der Waals surface area contributed by atoms with Gasteiger partial charge in [-0.15, -0.1) is 0 Å². The molecule has 0 radical (unpaired) electrons. The molecule has 5 nitrogen and oxygen atoms in total. The minimum atomic E-state index is -3.82. The van der Waals surface area contributed by atoms with Gasteiger partial charge in [-0.3, -0.25) is 4.57 Å². The highest BCUT2D eigenvalue weighted by atomic mass is 32.1. The molecule has 1 rings (SSSR count). The van der Waals surface area contributed by atoms with Crippen molar-refractivity contribution in [2.45, 2.75) is 19.3 Å². The molecule has 0 spiro atoms. The molecule has 1 aromatic carbocycles. The first-order chi connectivity index (χ1) is 9.45. The monoisotopic (exact) mass is 321 g/mol. The fourth-order valence-corrected chi connectivity index (χ4v) is 1.85. The lowest BCUT2D eigenvalue weighted by atomic mass is 10.3. The SMILES string of the molecule is CN.COC(=S)CCCCP(=O)(O)O.c1ccccc1. The molecule has 0 aliphatic rings. The smallest absolute Gasteiger partial charge is 0.325 e. The molecule has 0 bridgehead atoms. The molecular formula is C13H24NO4PS. The van der Waals surface area contributed by atoms with Crippen LogP contribution in [-0.4, -0.2) is 35.2 Å². The van der Waals surface area contributed by atoms with Gasteiger partial charge < -0.3 is 20.3 Å². The molecule has 1 aromatic rings. The highest BCUT2D eigenvalue weighted by Gasteiger charge is 2.11. The Bertz CT molecular complexity index is 343. The van der Waals surface area contributed by atoms with Crippen LogP contribution in [0.15, 0.2) is 36.4 Å². The van der Waals surface area contributed by atoms with E-state index in [1.165, 1.54) is 14.2 Å². The zero-order chi connectivity index (χ0) is 15.9. The molecule has 0 saturated heterocycles. The maximum Gasteiger partial charge on any atom is 0.325 e. The largest absolute Gasteiger partial charge is 0.490 e. The predicted octanol–water partition coefficient (Wildman–Crippen LogP) is 2.57. The van der Waals surface area contributed by atoms with E-state index in [4.69, 9.17) is 26.7 Å². The number of ether oxygens (including phenoxy) is 1. The number of nitrogens with two attached hydrogens (primary N) is 1. The Balaban J connectivity index is 0. The number of benzene rings is 1. The van der Waals surface area contributed by atoms with E-state index in [-0.39, 0.29) is 6.16 Å². The lowest BCUT2D eigenvalue weighted by Gasteiger charge is -2.03. The van der Waals surface area contributed by atoms with Gasteiger partial charge in [0.05, 0.1) is 7.11 Å². The topological polar surface area (TPSA) is 92.8 Å². The van der Waals surface area contributed by atoms with Gasteiger partial charge >= 0.3 is 7.60 Å². The fourth-order valence-electron chi connectivity index (χ4n) is 1.07. The quantitative estimate of drug-likeness (QED) is 0.438. The summed E-state index contributed by atoms with van der Waals surface area (Å²) in [7, 11) is -0.827. The van der Waals surface area contributed by atoms with Crippen LogP contribution in [0.5, 0.6) is 0 Å². The summed E-state index contributed by atoms with van der Waals surface area (Å²) in [6, 6.07) is 12.0. The van der Waals surface area contributed by atoms with Gasteiger partial charge in [0.15, 0.2) is 5.05 Å². The molecule has 0 aliphatic heterocycles. The Morgan fingerprint density at radius 2 is 1.50 bits per heavy atom. The van der Waals surface area contributed by atoms with Gasteiger partial charge in [-0.1, -0.05) is 36.4 Å². The van der Waals surface area contributed by atoms with Crippen molar-refractivity contribution in [2.75, 3.05) is 20.3 Å². The number of thiocarbonyl (C=S) groups is 1. The Hall–Kier alpha value is -0.780. The van der Waals surface area contributed by atoms with Crippen molar-refractivity contribution in [1.29, 1.82) is 0 Å². The molecule has 0 unspecified atom stereocenters. The predicted molar refractivity (Wildman–Crippen MR) is 86.9 cm³/mol. The highest BCUT2D eigenvalue weighted by Crippen LogP contribution is 2.35. The van der Waals surface area contributed by atoms with E-state index >= 15 is 0 Å². The maximum atomic E-state index is 10.4. The van der Waals surface area contributed by atoms with Crippen LogP contribution in [0.1, 0.15) is 19.3 Å². The summed E-state index contributed by atoms with van der Waals surface area (Å²) < 4.78 is 15.1. The fraction of sp³-hybridized carbons (Fsp3) is 0.462. The van der Waals surface area contributed by atoms with Crippen molar-refractivity contribution in [3.8, 4) is 0 Å². The van der Waals surface area contributed by atoms with Crippen LogP contribution in [0.3, 0.4) is 0 Å². The number of methoxy groups -OCH3 is 1. The number of rotatable bonds is 5. The lowest BCUT2D eigenvalue weighted by molar-refractivity contribution is 0.370. The van der Waals surface area contributed by atoms with Crippen molar-refractivity contribution >= 4 is 24.9 Å². The Morgan fingerprint density at radius 1 is 1.10 bits per heavy atom. The van der Waals surface area contributed by atoms with E-state index in [2.05, 4.69) is 5.73 Å². The first-order valence-corrected chi connectivity index (χ1v) is 8.35. The molecule has 0 saturated carbocycles. The van der Waals surface area contributed by atoms with Crippen LogP contribution in [0.2, 0.25) is 0 Å². The summed E-state index contributed by atoms with van der Waals surface area (Å²) >= 11 is 4.75. The highest BCUT2D eigenvalue weighted by molar-refractivity contribution is 7.80. The van der Waals surface area contributed by atoms with Gasteiger partial charge in [0.1, 0.15) is 0 Å². The first kappa shape index (κ1) is 21.5. The van der Waals surface area contributed by atoms with Crippen LogP contribution < -0.4 is 5.73 Å². The van der Waals surface area contributed by atoms with E-state index in [0.717, 1.165) is 0 Å². The van der Waals surface area contributed by atoms with E-state index in [1.54, 1.807) is 0 Å². The normalized spacial score (nSPS) is 9.45. The molecule has 20 heavy (non-hydrogen) atoms. The molecule has 0 atom stereocenters. The number of hydrogen-bond donors (Lipinski definition) is 3. The second-order valence-electron chi connectivity index (χ2n) is 3.58. The van der Waals surface area contributed by atoms with Crippen molar-refractivity contribution in [3.05, 3.63) is 36.4 Å². The lowest BCUT2D eigenvalue weighted by Crippen LogP contribution is -1.97. The molecule has 0 aromatic heterocycles. The van der Waals surface area contributed by atoms with E-state index in [0.29, 0.717) is 24.3 Å². The van der Waals surface area contributed by atoms with Gasteiger partial charge in [0.25, 0.3) is 0 Å². The van der Waals surface area contributed by atoms with Crippen LogP contribution in [-0.2, 0) is 9.30 Å². The van der Waals surface area contributed by atoms with E-state index in [1.807, 2.05) is 36.4 Å². The van der Waals surface area contributed by atoms with Crippen LogP contribution in [0.4, 0.5) is 0 Å². The molecular weight excluding hydrogens is 297 g/mol. The molecule has 0 amide bonds. The van der Waals surface area contributed by atoms with Crippen LogP contribution in [0.25, 0.3) is 0 Å². The van der Waals surface area contributed by atoms with Gasteiger partial charge in [-0.25, -0.2) is 0 Å². The molecule has 0 fully saturated rings. The van der Waals surface area contributed by atoms with E-state index in [9.17, 15) is 4.57 Å². The standard InChI is InChI=1S/C6H13O4PS.C6H6.CH5N/c1-10-6(12)4-2-3-5-11(7,8)9;1-2-4-6-5-3-1;1-2/h2-5H2,1H3,(H2,7,8,9);1-6H;2H2,1H3. The van der Waals surface area contributed by atoms with E-state index < -0.39 is 7.60 Å². The summed E-state index contributed by atoms with van der Waals surface area (Å²) in [6.07, 6.45) is 1.66. The zero-order valence-corrected chi connectivity index (χ0v) is 13.6. The summed E-state index contributed by atoms with van der Waals surface area (Å²) in [6.45, 7) is 0. The molecule has 7 heteroatoms.